The van der Waals surface area contributed by atoms with Gasteiger partial charge in [-0.05, 0) is 0 Å². The van der Waals surface area contributed by atoms with Crippen LogP contribution in [0.5, 0.6) is 0 Å². The molecule has 0 aliphatic carbocycles. The van der Waals surface area contributed by atoms with Gasteiger partial charge in [0.25, 0.3) is 0 Å². The van der Waals surface area contributed by atoms with Crippen LogP contribution in [0.25, 0.3) is 0 Å². The first-order chi connectivity index (χ1) is 47.8. The molecule has 40 atom stereocenters. The van der Waals surface area contributed by atoms with Crippen molar-refractivity contribution in [1.82, 2.24) is 21.3 Å². The number of ether oxygens (including phenoxy) is 15. The van der Waals surface area contributed by atoms with Crippen molar-refractivity contribution < 1.29 is 203 Å². The second kappa shape index (κ2) is 36.3. The van der Waals surface area contributed by atoms with Crippen molar-refractivity contribution in [3.05, 3.63) is 0 Å². The van der Waals surface area contributed by atoms with Crippen molar-refractivity contribution in [3.8, 4) is 0 Å². The zero-order valence-corrected chi connectivity index (χ0v) is 54.3. The number of rotatable bonds is 26. The van der Waals surface area contributed by atoms with E-state index in [4.69, 9.17) is 71.1 Å². The number of hydrogen-bond acceptors (Lipinski definition) is 41. The molecule has 101 heavy (non-hydrogen) atoms. The molecule has 0 aromatic heterocycles. The molecule has 0 saturated carbocycles. The van der Waals surface area contributed by atoms with Crippen LogP contribution in [-0.4, -0.2) is 434 Å². The smallest absolute Gasteiger partial charge is 0.217 e. The topological polar surface area (TPSA) is 700 Å². The van der Waals surface area contributed by atoms with Gasteiger partial charge in [0, 0.05) is 27.7 Å². The van der Waals surface area contributed by atoms with E-state index in [-0.39, 0.29) is 0 Å². The highest BCUT2D eigenvalue weighted by Gasteiger charge is 2.60. The van der Waals surface area contributed by atoms with Crippen LogP contribution in [0, 0.1) is 0 Å². The summed E-state index contributed by atoms with van der Waals surface area (Å²) in [6.45, 7) is -4.40. The van der Waals surface area contributed by atoms with Crippen molar-refractivity contribution in [2.24, 2.45) is 0 Å². The molecule has 0 bridgehead atoms. The Kier molecular flexibility index (Phi) is 29.9. The summed E-state index contributed by atoms with van der Waals surface area (Å²) in [6, 6.07) is -6.98. The molecule has 0 unspecified atom stereocenters. The first kappa shape index (κ1) is 83.0. The normalized spacial score (nSPS) is 48.3. The number of carbonyl (C=O) groups is 4. The van der Waals surface area contributed by atoms with E-state index in [1.807, 2.05) is 0 Å². The van der Waals surface area contributed by atoms with E-state index in [2.05, 4.69) is 21.3 Å². The summed E-state index contributed by atoms with van der Waals surface area (Å²) in [5.41, 5.74) is 0. The highest BCUT2D eigenvalue weighted by atomic mass is 16.8. The molecule has 8 rings (SSSR count). The number of amides is 4. The molecule has 8 saturated heterocycles. The van der Waals surface area contributed by atoms with Gasteiger partial charge in [-0.2, -0.15) is 0 Å². The Bertz CT molecular complexity index is 2640. The number of aliphatic hydroxyl groups excluding tert-OH is 22. The Morgan fingerprint density at radius 2 is 0.535 bits per heavy atom. The monoisotopic (exact) mass is 1480 g/mol. The predicted octanol–water partition coefficient (Wildman–Crippen LogP) is -17.9. The van der Waals surface area contributed by atoms with Gasteiger partial charge in [-0.25, -0.2) is 0 Å². The molecule has 26 N–H and O–H groups in total. The molecular formula is C56H94N4O41. The van der Waals surface area contributed by atoms with Crippen LogP contribution in [0.15, 0.2) is 0 Å². The maximum atomic E-state index is 12.9. The second-order valence-electron chi connectivity index (χ2n) is 25.4. The van der Waals surface area contributed by atoms with Gasteiger partial charge in [0.2, 0.25) is 23.6 Å². The summed E-state index contributed by atoms with van der Waals surface area (Å²) < 4.78 is 88.0. The lowest BCUT2D eigenvalue weighted by molar-refractivity contribution is -0.392. The molecule has 4 amide bonds. The molecule has 584 valence electrons. The summed E-state index contributed by atoms with van der Waals surface area (Å²) in [5.74, 6) is -3.37. The van der Waals surface area contributed by atoms with Crippen LogP contribution in [0.2, 0.25) is 0 Å². The third-order valence-electron chi connectivity index (χ3n) is 18.2. The Balaban J connectivity index is 1.10. The standard InChI is InChI=1S/C56H94N4O41/c1-13(68)57-25-34(77)43(20(8-64)88-49(25)86)96-51-27(59-15(3)70)35(78)45(22(10-66)92-51)99-55-42(85)47(100-54-41(84)39(82)46(23(11-67)94-54)97-50-26(58-14(2)69)33(76)29(72)17(5-61)89-50)32(75)24(95-55)12-87-56-48(38(81)31(74)19(7-63)91-56)101-52-28(60-16(4)71)36(79)44(21(9-65)93-52)98-53-40(83)37(80)30(73)18(6-62)90-53/h17-56,61-67,72-86H,5-12H2,1-4H3,(H,57,68)(H,58,69)(H,59,70)(H,60,71)/t17-,18-,19-,20-,21-,22-,23-,24-,25-,26-,27-,28-,29-,30+,31-,32-,33-,34-,35-,36-,37+,38+,39-,40-,41+,42+,43-,44-,45-,46-,47+,48+,49-,50+,51+,52+,53+,54-,55+,56+/m1/s1. The largest absolute Gasteiger partial charge is 0.394 e. The molecule has 8 fully saturated rings. The molecule has 0 spiro atoms. The molecule has 45 heteroatoms. The summed E-state index contributed by atoms with van der Waals surface area (Å²) in [7, 11) is 0. The van der Waals surface area contributed by atoms with Gasteiger partial charge in [0.1, 0.15) is 195 Å². The maximum absolute atomic E-state index is 12.9. The third-order valence-corrected chi connectivity index (χ3v) is 18.2. The fourth-order valence-corrected chi connectivity index (χ4v) is 13.0. The SMILES string of the molecule is CC(=O)N[C@@H]1[C@@H](O)[C@H](O[C@@H]2O[C@H](CO)[C@@H](O[C@@H]3O[C@H](CO[C@H]4O[C@H](CO)[C@@H](O)[C@H](O)[C@@H]4O[C@@H]4O[C@H](CO)[C@@H](O[C@@H]5O[C@H](CO)[C@H](O)[C@H](O)[C@H]5O)[C@H](O)[C@H]4NC(C)=O)[C@@H](O)[C@H](O[C@H]4O[C@H](CO)[C@@H](O[C@@H]5O[C@H](CO)[C@@H](O)[C@H](O)[C@H]5NC(C)=O)[C@H](O)[C@@H]4O)[C@@H]3O)[C@H](O)[C@H]2NC(C)=O)[C@@H](CO)O[C@H]1O. The van der Waals surface area contributed by atoms with Gasteiger partial charge in [0.15, 0.2) is 50.3 Å². The minimum Gasteiger partial charge on any atom is -0.394 e. The van der Waals surface area contributed by atoms with Crippen LogP contribution in [0.4, 0.5) is 0 Å². The molecule has 45 nitrogen and oxygen atoms in total. The van der Waals surface area contributed by atoms with Crippen LogP contribution >= 0.6 is 0 Å². The fourth-order valence-electron chi connectivity index (χ4n) is 13.0. The third kappa shape index (κ3) is 18.5. The zero-order chi connectivity index (χ0) is 74.5. The van der Waals surface area contributed by atoms with Crippen LogP contribution in [0.3, 0.4) is 0 Å². The highest BCUT2D eigenvalue weighted by molar-refractivity contribution is 5.74. The Labute approximate surface area is 572 Å². The zero-order valence-electron chi connectivity index (χ0n) is 54.3. The van der Waals surface area contributed by atoms with E-state index in [1.165, 1.54) is 0 Å². The Morgan fingerprint density at radius 3 is 0.970 bits per heavy atom. The first-order valence-electron chi connectivity index (χ1n) is 32.1. The Morgan fingerprint density at radius 1 is 0.257 bits per heavy atom. The minimum absolute atomic E-state index is 0.764. The molecule has 0 radical (unpaired) electrons. The lowest BCUT2D eigenvalue weighted by Crippen LogP contribution is -2.70. The van der Waals surface area contributed by atoms with Crippen molar-refractivity contribution in [1.29, 1.82) is 0 Å². The average Bonchev–Trinajstić information content (AvgIpc) is 0.800. The lowest BCUT2D eigenvalue weighted by Gasteiger charge is -2.51. The molecular weight excluding hydrogens is 1380 g/mol. The molecule has 8 heterocycles. The van der Waals surface area contributed by atoms with E-state index >= 15 is 0 Å². The van der Waals surface area contributed by atoms with Crippen molar-refractivity contribution in [2.75, 3.05) is 52.9 Å². The van der Waals surface area contributed by atoms with Crippen LogP contribution < -0.4 is 21.3 Å². The second-order valence-corrected chi connectivity index (χ2v) is 25.4. The number of carbonyl (C=O) groups excluding carboxylic acids is 4. The molecule has 8 aliphatic heterocycles. The van der Waals surface area contributed by atoms with E-state index in [0.717, 1.165) is 27.7 Å². The van der Waals surface area contributed by atoms with Crippen LogP contribution in [-0.2, 0) is 90.2 Å². The van der Waals surface area contributed by atoms with Gasteiger partial charge in [0.05, 0.1) is 52.9 Å². The fraction of sp³-hybridized carbons (Fsp3) is 0.929. The van der Waals surface area contributed by atoms with Gasteiger partial charge >= 0.3 is 0 Å². The van der Waals surface area contributed by atoms with Gasteiger partial charge in [-0.15, -0.1) is 0 Å². The molecule has 0 aromatic rings. The summed E-state index contributed by atoms with van der Waals surface area (Å²) in [4.78, 5) is 49.9. The van der Waals surface area contributed by atoms with Crippen molar-refractivity contribution >= 4 is 23.6 Å². The summed E-state index contributed by atoms with van der Waals surface area (Å²) in [6.07, 6.45) is -72.4. The summed E-state index contributed by atoms with van der Waals surface area (Å²) in [5, 5.41) is 252. The van der Waals surface area contributed by atoms with E-state index in [9.17, 15) is 132 Å². The predicted molar refractivity (Wildman–Crippen MR) is 311 cm³/mol. The number of aliphatic hydroxyl groups is 22. The van der Waals surface area contributed by atoms with Gasteiger partial charge < -0.3 is 205 Å². The highest BCUT2D eigenvalue weighted by Crippen LogP contribution is 2.39. The van der Waals surface area contributed by atoms with Gasteiger partial charge in [-0.1, -0.05) is 0 Å². The lowest BCUT2D eigenvalue weighted by atomic mass is 9.93. The van der Waals surface area contributed by atoms with Crippen molar-refractivity contribution in [3.63, 3.8) is 0 Å². The number of hydrogen-bond donors (Lipinski definition) is 26. The quantitative estimate of drug-likeness (QED) is 0.0382. The average molecular weight is 1480 g/mol. The molecule has 0 aromatic carbocycles. The van der Waals surface area contributed by atoms with E-state index in [1.54, 1.807) is 0 Å². The summed E-state index contributed by atoms with van der Waals surface area (Å²) >= 11 is 0. The molecule has 8 aliphatic rings. The number of nitrogens with one attached hydrogen (secondary N) is 4. The minimum atomic E-state index is -2.46. The maximum Gasteiger partial charge on any atom is 0.217 e. The van der Waals surface area contributed by atoms with Crippen molar-refractivity contribution in [2.45, 2.75) is 273 Å². The van der Waals surface area contributed by atoms with Gasteiger partial charge in [-0.3, -0.25) is 19.2 Å². The van der Waals surface area contributed by atoms with Crippen LogP contribution in [0.1, 0.15) is 27.7 Å². The first-order valence-corrected chi connectivity index (χ1v) is 32.1. The Hall–Kier alpha value is -3.60. The van der Waals surface area contributed by atoms with E-state index < -0.39 is 322 Å². The van der Waals surface area contributed by atoms with E-state index in [0.29, 0.717) is 0 Å².